The molecule has 1 rings (SSSR count). The average Bonchev–Trinajstić information content (AvgIpc) is 2.29. The number of nitrogens with two attached hydrogens (primary N) is 2. The van der Waals surface area contributed by atoms with Gasteiger partial charge in [0.2, 0.25) is 0 Å². The van der Waals surface area contributed by atoms with Crippen LogP contribution in [0.1, 0.15) is 11.6 Å². The van der Waals surface area contributed by atoms with Crippen LogP contribution in [0.4, 0.5) is 0 Å². The minimum absolute atomic E-state index is 0.278. The van der Waals surface area contributed by atoms with Crippen LogP contribution in [0.25, 0.3) is 0 Å². The Morgan fingerprint density at radius 1 is 1.19 bits per heavy atom. The number of carboxylic acids is 2. The monoisotopic (exact) mass is 226 g/mol. The molecule has 6 nitrogen and oxygen atoms in total. The first-order chi connectivity index (χ1) is 7.49. The van der Waals surface area contributed by atoms with Crippen molar-refractivity contribution >= 4 is 11.9 Å². The molecule has 0 amide bonds. The zero-order valence-corrected chi connectivity index (χ0v) is 8.54. The second-order valence-electron chi connectivity index (χ2n) is 2.82. The van der Waals surface area contributed by atoms with Gasteiger partial charge in [-0.15, -0.1) is 0 Å². The van der Waals surface area contributed by atoms with Crippen LogP contribution in [0, 0.1) is 0 Å². The Bertz CT molecular complexity index is 340. The van der Waals surface area contributed by atoms with Crippen molar-refractivity contribution < 1.29 is 19.8 Å². The molecule has 0 saturated carbocycles. The average molecular weight is 226 g/mol. The number of hydrogen-bond donors (Lipinski definition) is 4. The summed E-state index contributed by atoms with van der Waals surface area (Å²) in [6.07, 6.45) is 0. The first-order valence-electron chi connectivity index (χ1n) is 4.44. The van der Waals surface area contributed by atoms with E-state index < -0.39 is 18.0 Å². The molecule has 1 atom stereocenters. The molecule has 0 aliphatic heterocycles. The summed E-state index contributed by atoms with van der Waals surface area (Å²) in [5, 5.41) is 16.1. The summed E-state index contributed by atoms with van der Waals surface area (Å²) in [5.74, 6) is -1.97. The van der Waals surface area contributed by atoms with Gasteiger partial charge in [0.25, 0.3) is 0 Å². The number of rotatable bonds is 3. The zero-order valence-electron chi connectivity index (χ0n) is 8.54. The Kier molecular flexibility index (Phi) is 6.50. The Labute approximate surface area is 92.5 Å². The second-order valence-corrected chi connectivity index (χ2v) is 2.82. The molecule has 0 heterocycles. The van der Waals surface area contributed by atoms with Crippen LogP contribution < -0.4 is 11.5 Å². The van der Waals surface area contributed by atoms with E-state index in [4.69, 9.17) is 15.9 Å². The minimum Gasteiger partial charge on any atom is -0.480 e. The van der Waals surface area contributed by atoms with Gasteiger partial charge in [-0.25, -0.2) is 0 Å². The maximum absolute atomic E-state index is 10.4. The van der Waals surface area contributed by atoms with Crippen LogP contribution in [0.3, 0.4) is 0 Å². The quantitative estimate of drug-likeness (QED) is 0.565. The third kappa shape index (κ3) is 5.74. The molecule has 1 aromatic rings. The molecule has 0 aliphatic rings. The number of aliphatic carboxylic acids is 2. The summed E-state index contributed by atoms with van der Waals surface area (Å²) in [5.41, 5.74) is 10.5. The molecule has 16 heavy (non-hydrogen) atoms. The fourth-order valence-corrected chi connectivity index (χ4v) is 0.803. The number of carboxylic acid groups (broad SMARTS) is 2. The summed E-state index contributed by atoms with van der Waals surface area (Å²) in [6, 6.07) is 7.82. The van der Waals surface area contributed by atoms with E-state index in [0.717, 1.165) is 0 Å². The zero-order chi connectivity index (χ0) is 12.6. The van der Waals surface area contributed by atoms with Crippen LogP contribution in [0.2, 0.25) is 0 Å². The maximum Gasteiger partial charge on any atom is 0.325 e. The largest absolute Gasteiger partial charge is 0.480 e. The fraction of sp³-hybridized carbons (Fsp3) is 0.200. The smallest absolute Gasteiger partial charge is 0.325 e. The molecule has 0 spiro atoms. The minimum atomic E-state index is -1.00. The highest BCUT2D eigenvalue weighted by atomic mass is 16.4. The molecule has 88 valence electrons. The SMILES string of the molecule is NCC(=O)O.N[C@H](C(=O)O)c1ccccc1. The molecule has 0 radical (unpaired) electrons. The van der Waals surface area contributed by atoms with E-state index in [9.17, 15) is 9.59 Å². The van der Waals surface area contributed by atoms with Gasteiger partial charge in [0.1, 0.15) is 6.04 Å². The Balaban J connectivity index is 0.000000385. The highest BCUT2D eigenvalue weighted by Gasteiger charge is 2.12. The standard InChI is InChI=1S/C8H9NO2.C2H5NO2/c9-7(8(10)11)6-4-2-1-3-5-6;3-1-2(4)5/h1-5,7H,9H2,(H,10,11);1,3H2,(H,4,5)/t7-;/m0./s1. The van der Waals surface area contributed by atoms with Gasteiger partial charge < -0.3 is 21.7 Å². The highest BCUT2D eigenvalue weighted by molar-refractivity contribution is 5.75. The van der Waals surface area contributed by atoms with E-state index in [0.29, 0.717) is 5.56 Å². The molecule has 6 heteroatoms. The van der Waals surface area contributed by atoms with Crippen LogP contribution in [-0.4, -0.2) is 28.7 Å². The van der Waals surface area contributed by atoms with Gasteiger partial charge in [-0.1, -0.05) is 30.3 Å². The van der Waals surface area contributed by atoms with Crippen molar-refractivity contribution in [1.82, 2.24) is 0 Å². The maximum atomic E-state index is 10.4. The molecule has 6 N–H and O–H groups in total. The van der Waals surface area contributed by atoms with E-state index >= 15 is 0 Å². The first kappa shape index (κ1) is 14.1. The molecule has 0 aliphatic carbocycles. The molecule has 0 bridgehead atoms. The van der Waals surface area contributed by atoms with Crippen LogP contribution in [0.15, 0.2) is 30.3 Å². The third-order valence-electron chi connectivity index (χ3n) is 1.60. The van der Waals surface area contributed by atoms with E-state index in [-0.39, 0.29) is 6.54 Å². The summed E-state index contributed by atoms with van der Waals surface area (Å²) in [6.45, 7) is -0.278. The summed E-state index contributed by atoms with van der Waals surface area (Å²) in [4.78, 5) is 19.6. The van der Waals surface area contributed by atoms with Crippen molar-refractivity contribution in [3.63, 3.8) is 0 Å². The van der Waals surface area contributed by atoms with E-state index in [1.54, 1.807) is 24.3 Å². The highest BCUT2D eigenvalue weighted by Crippen LogP contribution is 2.08. The van der Waals surface area contributed by atoms with Gasteiger partial charge in [0, 0.05) is 0 Å². The van der Waals surface area contributed by atoms with Crippen molar-refractivity contribution in [2.24, 2.45) is 11.5 Å². The van der Waals surface area contributed by atoms with Gasteiger partial charge >= 0.3 is 11.9 Å². The third-order valence-corrected chi connectivity index (χ3v) is 1.60. The molecule has 0 unspecified atom stereocenters. The summed E-state index contributed by atoms with van der Waals surface area (Å²) in [7, 11) is 0. The number of carbonyl (C=O) groups is 2. The lowest BCUT2D eigenvalue weighted by molar-refractivity contribution is -0.138. The molecular formula is C10H14N2O4. The van der Waals surface area contributed by atoms with Gasteiger partial charge in [-0.05, 0) is 5.56 Å². The lowest BCUT2D eigenvalue weighted by Gasteiger charge is -2.04. The predicted molar refractivity (Wildman–Crippen MR) is 57.7 cm³/mol. The van der Waals surface area contributed by atoms with E-state index in [2.05, 4.69) is 5.73 Å². The van der Waals surface area contributed by atoms with Crippen molar-refractivity contribution in [2.75, 3.05) is 6.54 Å². The molecule has 1 aromatic carbocycles. The molecule has 0 fully saturated rings. The van der Waals surface area contributed by atoms with Crippen molar-refractivity contribution in [1.29, 1.82) is 0 Å². The first-order valence-corrected chi connectivity index (χ1v) is 4.44. The topological polar surface area (TPSA) is 127 Å². The van der Waals surface area contributed by atoms with Gasteiger partial charge in [0.05, 0.1) is 6.54 Å². The number of benzene rings is 1. The lowest BCUT2D eigenvalue weighted by Crippen LogP contribution is -2.20. The molecule has 0 saturated heterocycles. The summed E-state index contributed by atoms with van der Waals surface area (Å²) >= 11 is 0. The normalized spacial score (nSPS) is 10.9. The van der Waals surface area contributed by atoms with Gasteiger partial charge in [0.15, 0.2) is 0 Å². The lowest BCUT2D eigenvalue weighted by atomic mass is 10.1. The molecular weight excluding hydrogens is 212 g/mol. The Morgan fingerprint density at radius 2 is 1.62 bits per heavy atom. The van der Waals surface area contributed by atoms with Crippen molar-refractivity contribution in [2.45, 2.75) is 6.04 Å². The number of hydrogen-bond acceptors (Lipinski definition) is 4. The van der Waals surface area contributed by atoms with Crippen molar-refractivity contribution in [3.05, 3.63) is 35.9 Å². The van der Waals surface area contributed by atoms with Crippen LogP contribution >= 0.6 is 0 Å². The van der Waals surface area contributed by atoms with E-state index in [1.165, 1.54) is 0 Å². The Morgan fingerprint density at radius 3 is 1.94 bits per heavy atom. The van der Waals surface area contributed by atoms with Gasteiger partial charge in [-0.3, -0.25) is 9.59 Å². The fourth-order valence-electron chi connectivity index (χ4n) is 0.803. The van der Waals surface area contributed by atoms with Crippen LogP contribution in [0.5, 0.6) is 0 Å². The van der Waals surface area contributed by atoms with E-state index in [1.807, 2.05) is 6.07 Å². The second kappa shape index (κ2) is 7.38. The van der Waals surface area contributed by atoms with Gasteiger partial charge in [-0.2, -0.15) is 0 Å². The predicted octanol–water partition coefficient (Wildman–Crippen LogP) is -0.199. The molecule has 0 aromatic heterocycles. The Hall–Kier alpha value is -1.92. The van der Waals surface area contributed by atoms with Crippen LogP contribution in [-0.2, 0) is 9.59 Å². The summed E-state index contributed by atoms with van der Waals surface area (Å²) < 4.78 is 0. The van der Waals surface area contributed by atoms with Crippen molar-refractivity contribution in [3.8, 4) is 0 Å².